The minimum atomic E-state index is -0.504. The molecule has 4 nitrogen and oxygen atoms in total. The predicted molar refractivity (Wildman–Crippen MR) is 98.6 cm³/mol. The van der Waals surface area contributed by atoms with Crippen molar-refractivity contribution in [3.8, 4) is 11.5 Å². The number of aliphatic hydroxyl groups is 1. The summed E-state index contributed by atoms with van der Waals surface area (Å²) in [5.41, 5.74) is 1.85. The Labute approximate surface area is 155 Å². The van der Waals surface area contributed by atoms with E-state index in [-0.39, 0.29) is 22.9 Å². The van der Waals surface area contributed by atoms with E-state index in [2.05, 4.69) is 19.9 Å². The van der Waals surface area contributed by atoms with Crippen LogP contribution in [0, 0.1) is 11.8 Å². The summed E-state index contributed by atoms with van der Waals surface area (Å²) in [6.45, 7) is 5.30. The van der Waals surface area contributed by atoms with Gasteiger partial charge in [0.1, 0.15) is 6.10 Å². The van der Waals surface area contributed by atoms with Crippen LogP contribution in [0.3, 0.4) is 0 Å². The lowest BCUT2D eigenvalue weighted by molar-refractivity contribution is -0.240. The number of benzene rings is 1. The van der Waals surface area contributed by atoms with Gasteiger partial charge in [-0.1, -0.05) is 32.8 Å². The normalized spacial score (nSPS) is 42.7. The Morgan fingerprint density at radius 1 is 1.23 bits per heavy atom. The lowest BCUT2D eigenvalue weighted by atomic mass is 9.46. The smallest absolute Gasteiger partial charge is 0.165 e. The second kappa shape index (κ2) is 5.62. The molecule has 4 aliphatic rings. The predicted octanol–water partition coefficient (Wildman–Crippen LogP) is 3.70. The molecule has 2 aliphatic heterocycles. The monoisotopic (exact) mass is 358 g/mol. The van der Waals surface area contributed by atoms with Crippen molar-refractivity contribution >= 4 is 0 Å². The molecule has 26 heavy (non-hydrogen) atoms. The van der Waals surface area contributed by atoms with Crippen LogP contribution in [-0.4, -0.2) is 34.6 Å². The van der Waals surface area contributed by atoms with Crippen molar-refractivity contribution in [1.82, 2.24) is 0 Å². The zero-order chi connectivity index (χ0) is 18.1. The largest absolute Gasteiger partial charge is 0.504 e. The number of ether oxygens (including phenoxy) is 2. The highest BCUT2D eigenvalue weighted by molar-refractivity contribution is 5.61. The van der Waals surface area contributed by atoms with Crippen LogP contribution in [0.15, 0.2) is 12.1 Å². The van der Waals surface area contributed by atoms with Crippen molar-refractivity contribution < 1.29 is 19.7 Å². The fraction of sp³-hybridized carbons (Fsp3) is 0.727. The van der Waals surface area contributed by atoms with Gasteiger partial charge in [0.15, 0.2) is 11.5 Å². The van der Waals surface area contributed by atoms with Crippen LogP contribution in [-0.2, 0) is 16.6 Å². The quantitative estimate of drug-likeness (QED) is 0.865. The first-order valence-corrected chi connectivity index (χ1v) is 10.4. The highest BCUT2D eigenvalue weighted by Crippen LogP contribution is 2.68. The van der Waals surface area contributed by atoms with Crippen LogP contribution in [0.25, 0.3) is 0 Å². The first-order valence-electron chi connectivity index (χ1n) is 10.4. The van der Waals surface area contributed by atoms with Gasteiger partial charge >= 0.3 is 0 Å². The van der Waals surface area contributed by atoms with Crippen LogP contribution >= 0.6 is 0 Å². The van der Waals surface area contributed by atoms with Gasteiger partial charge in [0.05, 0.1) is 17.1 Å². The van der Waals surface area contributed by atoms with E-state index in [4.69, 9.17) is 9.47 Å². The number of phenols is 1. The molecule has 2 fully saturated rings. The van der Waals surface area contributed by atoms with E-state index in [0.29, 0.717) is 24.0 Å². The molecule has 4 heteroatoms. The molecule has 0 radical (unpaired) electrons. The Balaban J connectivity index is 1.81. The van der Waals surface area contributed by atoms with Crippen molar-refractivity contribution in [1.29, 1.82) is 0 Å². The minimum Gasteiger partial charge on any atom is -0.504 e. The first kappa shape index (κ1) is 16.9. The van der Waals surface area contributed by atoms with Gasteiger partial charge in [0.25, 0.3) is 0 Å². The topological polar surface area (TPSA) is 58.9 Å². The number of aromatic hydroxyl groups is 1. The maximum atomic E-state index is 10.9. The van der Waals surface area contributed by atoms with Gasteiger partial charge < -0.3 is 19.7 Å². The molecule has 1 aromatic carbocycles. The lowest BCUT2D eigenvalue weighted by Crippen LogP contribution is -2.72. The molecule has 0 amide bonds. The molecule has 2 N–H and O–H groups in total. The van der Waals surface area contributed by atoms with E-state index in [0.717, 1.165) is 44.3 Å². The molecular formula is C22H30O4. The zero-order valence-corrected chi connectivity index (χ0v) is 15.8. The molecule has 2 aliphatic carbocycles. The summed E-state index contributed by atoms with van der Waals surface area (Å²) in [5, 5.41) is 21.4. The Kier molecular flexibility index (Phi) is 3.65. The second-order valence-corrected chi connectivity index (χ2v) is 8.82. The third kappa shape index (κ3) is 1.78. The third-order valence-corrected chi connectivity index (χ3v) is 7.94. The summed E-state index contributed by atoms with van der Waals surface area (Å²) in [6, 6.07) is 3.86. The van der Waals surface area contributed by atoms with Crippen molar-refractivity contribution in [2.75, 3.05) is 6.61 Å². The van der Waals surface area contributed by atoms with Gasteiger partial charge in [-0.15, -0.1) is 0 Å². The fourth-order valence-corrected chi connectivity index (χ4v) is 7.09. The van der Waals surface area contributed by atoms with Crippen LogP contribution in [0.4, 0.5) is 0 Å². The van der Waals surface area contributed by atoms with Gasteiger partial charge in [-0.2, -0.15) is 0 Å². The highest BCUT2D eigenvalue weighted by Gasteiger charge is 2.72. The maximum absolute atomic E-state index is 10.9. The summed E-state index contributed by atoms with van der Waals surface area (Å²) in [5.74, 6) is 1.94. The summed E-state index contributed by atoms with van der Waals surface area (Å²) in [7, 11) is 0. The van der Waals surface area contributed by atoms with Crippen molar-refractivity contribution in [3.63, 3.8) is 0 Å². The van der Waals surface area contributed by atoms with Crippen LogP contribution in [0.1, 0.15) is 63.5 Å². The maximum Gasteiger partial charge on any atom is 0.165 e. The molecule has 0 aromatic heterocycles. The fourth-order valence-electron chi connectivity index (χ4n) is 7.09. The standard InChI is InChI=1S/C22H30O4/c1-3-9-21-18-14-5-6-16(23)19(18)26-20(21)17(24)7-10-22(21)15(12-14)13(4-2)8-11-25-22/h5-6,13,15,17,20,23-24H,3-4,7-12H2,1-2H3. The molecule has 1 spiro atoms. The molecule has 142 valence electrons. The molecular weight excluding hydrogens is 328 g/mol. The van der Waals surface area contributed by atoms with Gasteiger partial charge in [0, 0.05) is 12.2 Å². The summed E-state index contributed by atoms with van der Waals surface area (Å²) >= 11 is 0. The number of rotatable bonds is 3. The molecule has 0 bridgehead atoms. The van der Waals surface area contributed by atoms with E-state index in [1.807, 2.05) is 0 Å². The number of hydrogen-bond donors (Lipinski definition) is 2. The van der Waals surface area contributed by atoms with Crippen LogP contribution < -0.4 is 4.74 Å². The Bertz CT molecular complexity index is 731. The minimum absolute atomic E-state index is 0.206. The number of aliphatic hydroxyl groups excluding tert-OH is 1. The first-order chi connectivity index (χ1) is 12.6. The summed E-state index contributed by atoms with van der Waals surface area (Å²) in [6.07, 6.45) is 6.04. The van der Waals surface area contributed by atoms with Crippen molar-refractivity contribution in [2.24, 2.45) is 11.8 Å². The SMILES string of the molecule is CCCC12c3c4ccc(O)c3OC1C(O)CCC21OCCC(CC)C1C4. The highest BCUT2D eigenvalue weighted by atomic mass is 16.5. The van der Waals surface area contributed by atoms with E-state index in [9.17, 15) is 10.2 Å². The third-order valence-electron chi connectivity index (χ3n) is 7.94. The average Bonchev–Trinajstić information content (AvgIpc) is 3.01. The molecule has 1 saturated heterocycles. The van der Waals surface area contributed by atoms with Gasteiger partial charge in [-0.3, -0.25) is 0 Å². The Morgan fingerprint density at radius 3 is 2.85 bits per heavy atom. The Morgan fingerprint density at radius 2 is 2.08 bits per heavy atom. The van der Waals surface area contributed by atoms with Gasteiger partial charge in [0.2, 0.25) is 0 Å². The van der Waals surface area contributed by atoms with E-state index in [1.54, 1.807) is 6.07 Å². The van der Waals surface area contributed by atoms with E-state index >= 15 is 0 Å². The zero-order valence-electron chi connectivity index (χ0n) is 15.8. The van der Waals surface area contributed by atoms with E-state index in [1.165, 1.54) is 12.0 Å². The molecule has 5 rings (SSSR count). The molecule has 1 saturated carbocycles. The van der Waals surface area contributed by atoms with Crippen molar-refractivity contribution in [2.45, 2.75) is 82.0 Å². The van der Waals surface area contributed by atoms with Crippen LogP contribution in [0.5, 0.6) is 11.5 Å². The molecule has 6 atom stereocenters. The lowest BCUT2D eigenvalue weighted by Gasteiger charge is -2.63. The number of phenolic OH excluding ortho intramolecular Hbond substituents is 1. The average molecular weight is 358 g/mol. The van der Waals surface area contributed by atoms with Gasteiger partial charge in [-0.25, -0.2) is 0 Å². The molecule has 6 unspecified atom stereocenters. The molecule has 1 aromatic rings. The van der Waals surface area contributed by atoms with E-state index < -0.39 is 6.10 Å². The van der Waals surface area contributed by atoms with Crippen LogP contribution in [0.2, 0.25) is 0 Å². The van der Waals surface area contributed by atoms with Crippen molar-refractivity contribution in [3.05, 3.63) is 23.3 Å². The summed E-state index contributed by atoms with van der Waals surface area (Å²) in [4.78, 5) is 0. The Hall–Kier alpha value is -1.26. The number of hydrogen-bond acceptors (Lipinski definition) is 4. The summed E-state index contributed by atoms with van der Waals surface area (Å²) < 4.78 is 13.1. The molecule has 2 heterocycles. The second-order valence-electron chi connectivity index (χ2n) is 8.82. The van der Waals surface area contributed by atoms with Gasteiger partial charge in [-0.05, 0) is 55.6 Å².